The number of amides is 1. The molecule has 0 aromatic carbocycles. The number of aliphatic hydroxyl groups is 5. The van der Waals surface area contributed by atoms with Crippen LogP contribution in [0.5, 0.6) is 0 Å². The van der Waals surface area contributed by atoms with Crippen molar-refractivity contribution < 1.29 is 30.3 Å². The van der Waals surface area contributed by atoms with Gasteiger partial charge in [0.2, 0.25) is 0 Å². The average Bonchev–Trinajstić information content (AvgIpc) is 2.73. The molecule has 0 heterocycles. The Labute approximate surface area is 176 Å². The third-order valence-corrected chi connectivity index (χ3v) is 5.35. The van der Waals surface area contributed by atoms with Crippen molar-refractivity contribution in [3.63, 3.8) is 0 Å². The molecule has 0 saturated carbocycles. The first kappa shape index (κ1) is 28.3. The van der Waals surface area contributed by atoms with E-state index in [4.69, 9.17) is 5.11 Å². The Balaban J connectivity index is 3.50. The fourth-order valence-electron chi connectivity index (χ4n) is 3.31. The standard InChI is InChI=1S/C22H45NO6/c1-2-3-4-5-6-7-8-9-10-11-12-13-14-15-16-23-22(29)21(28)20(27)19(26)18(25)17-24/h18-21,24-28H,2-17H2,1H3,(H,23,29)/t18-,19-,20+,21-/m1/s1. The van der Waals surface area contributed by atoms with Gasteiger partial charge in [-0.05, 0) is 6.42 Å². The fraction of sp³-hybridized carbons (Fsp3) is 0.955. The number of nitrogens with one attached hydrogen (secondary N) is 1. The van der Waals surface area contributed by atoms with Crippen molar-refractivity contribution in [2.45, 2.75) is 121 Å². The summed E-state index contributed by atoms with van der Waals surface area (Å²) in [4.78, 5) is 11.8. The van der Waals surface area contributed by atoms with Gasteiger partial charge in [-0.1, -0.05) is 90.4 Å². The Hall–Kier alpha value is -0.730. The van der Waals surface area contributed by atoms with Crippen LogP contribution in [0.2, 0.25) is 0 Å². The summed E-state index contributed by atoms with van der Waals surface area (Å²) < 4.78 is 0. The number of aliphatic hydroxyl groups excluding tert-OH is 5. The van der Waals surface area contributed by atoms with Crippen LogP contribution in [0.15, 0.2) is 0 Å². The second-order valence-electron chi connectivity index (χ2n) is 8.06. The van der Waals surface area contributed by atoms with Crippen molar-refractivity contribution in [2.75, 3.05) is 13.2 Å². The van der Waals surface area contributed by atoms with Crippen molar-refractivity contribution in [1.29, 1.82) is 0 Å². The quantitative estimate of drug-likeness (QED) is 0.167. The van der Waals surface area contributed by atoms with E-state index >= 15 is 0 Å². The van der Waals surface area contributed by atoms with Crippen LogP contribution < -0.4 is 5.32 Å². The Morgan fingerprint density at radius 3 is 1.52 bits per heavy atom. The molecule has 7 heteroatoms. The minimum Gasteiger partial charge on any atom is -0.394 e. The van der Waals surface area contributed by atoms with Crippen molar-refractivity contribution in [3.8, 4) is 0 Å². The molecule has 4 atom stereocenters. The Kier molecular flexibility index (Phi) is 18.8. The topological polar surface area (TPSA) is 130 Å². The van der Waals surface area contributed by atoms with E-state index in [1.54, 1.807) is 0 Å². The summed E-state index contributed by atoms with van der Waals surface area (Å²) in [6, 6.07) is 0. The van der Waals surface area contributed by atoms with Gasteiger partial charge in [0.05, 0.1) is 6.61 Å². The molecule has 0 aromatic heterocycles. The molecule has 0 rings (SSSR count). The van der Waals surface area contributed by atoms with Gasteiger partial charge in [0.1, 0.15) is 18.3 Å². The zero-order valence-corrected chi connectivity index (χ0v) is 18.3. The van der Waals surface area contributed by atoms with E-state index in [1.807, 2.05) is 0 Å². The lowest BCUT2D eigenvalue weighted by atomic mass is 10.0. The zero-order chi connectivity index (χ0) is 21.9. The van der Waals surface area contributed by atoms with Crippen LogP contribution >= 0.6 is 0 Å². The molecule has 0 spiro atoms. The Morgan fingerprint density at radius 2 is 1.10 bits per heavy atom. The summed E-state index contributed by atoms with van der Waals surface area (Å²) in [5.41, 5.74) is 0. The molecular weight excluding hydrogens is 374 g/mol. The highest BCUT2D eigenvalue weighted by atomic mass is 16.4. The Morgan fingerprint density at radius 1 is 0.690 bits per heavy atom. The summed E-state index contributed by atoms with van der Waals surface area (Å²) in [7, 11) is 0. The molecule has 0 aromatic rings. The molecule has 0 saturated heterocycles. The van der Waals surface area contributed by atoms with Gasteiger partial charge >= 0.3 is 0 Å². The second kappa shape index (κ2) is 19.2. The van der Waals surface area contributed by atoms with Crippen LogP contribution in [0.4, 0.5) is 0 Å². The van der Waals surface area contributed by atoms with E-state index in [0.717, 1.165) is 19.3 Å². The van der Waals surface area contributed by atoms with Gasteiger partial charge < -0.3 is 30.8 Å². The molecule has 0 fully saturated rings. The van der Waals surface area contributed by atoms with Gasteiger partial charge in [0, 0.05) is 6.54 Å². The molecule has 0 radical (unpaired) electrons. The van der Waals surface area contributed by atoms with Crippen LogP contribution in [0.1, 0.15) is 96.8 Å². The highest BCUT2D eigenvalue weighted by Gasteiger charge is 2.33. The molecule has 0 aliphatic rings. The maximum atomic E-state index is 11.8. The molecule has 0 bridgehead atoms. The summed E-state index contributed by atoms with van der Waals surface area (Å²) in [6.45, 7) is 1.86. The van der Waals surface area contributed by atoms with Crippen LogP contribution in [0.3, 0.4) is 0 Å². The molecule has 7 nitrogen and oxygen atoms in total. The summed E-state index contributed by atoms with van der Waals surface area (Å²) in [5, 5.41) is 49.3. The highest BCUT2D eigenvalue weighted by molar-refractivity contribution is 5.81. The third kappa shape index (κ3) is 14.8. The van der Waals surface area contributed by atoms with E-state index in [-0.39, 0.29) is 0 Å². The van der Waals surface area contributed by atoms with E-state index in [1.165, 1.54) is 70.6 Å². The van der Waals surface area contributed by atoms with Gasteiger partial charge in [0.15, 0.2) is 6.10 Å². The summed E-state index contributed by atoms with van der Waals surface area (Å²) >= 11 is 0. The number of carbonyl (C=O) groups is 1. The van der Waals surface area contributed by atoms with Gasteiger partial charge in [0.25, 0.3) is 5.91 Å². The van der Waals surface area contributed by atoms with Crippen molar-refractivity contribution in [2.24, 2.45) is 0 Å². The number of unbranched alkanes of at least 4 members (excludes halogenated alkanes) is 13. The number of rotatable bonds is 20. The van der Waals surface area contributed by atoms with Gasteiger partial charge in [-0.25, -0.2) is 0 Å². The summed E-state index contributed by atoms with van der Waals surface area (Å²) in [6.07, 6.45) is 10.3. The molecule has 174 valence electrons. The van der Waals surface area contributed by atoms with E-state index in [9.17, 15) is 25.2 Å². The first-order valence-corrected chi connectivity index (χ1v) is 11.6. The van der Waals surface area contributed by atoms with E-state index in [2.05, 4.69) is 12.2 Å². The summed E-state index contributed by atoms with van der Waals surface area (Å²) in [5.74, 6) is -0.795. The molecule has 29 heavy (non-hydrogen) atoms. The predicted molar refractivity (Wildman–Crippen MR) is 114 cm³/mol. The molecule has 0 aliphatic carbocycles. The lowest BCUT2D eigenvalue weighted by Crippen LogP contribution is -2.51. The first-order valence-electron chi connectivity index (χ1n) is 11.6. The normalized spacial score (nSPS) is 15.7. The number of hydrogen-bond donors (Lipinski definition) is 6. The van der Waals surface area contributed by atoms with E-state index in [0.29, 0.717) is 6.54 Å². The lowest BCUT2D eigenvalue weighted by molar-refractivity contribution is -0.148. The molecule has 0 aliphatic heterocycles. The predicted octanol–water partition coefficient (Wildman–Crippen LogP) is 2.02. The zero-order valence-electron chi connectivity index (χ0n) is 18.3. The minimum atomic E-state index is -1.85. The van der Waals surface area contributed by atoms with Crippen molar-refractivity contribution in [1.82, 2.24) is 5.32 Å². The van der Waals surface area contributed by atoms with Gasteiger partial charge in [-0.15, -0.1) is 0 Å². The van der Waals surface area contributed by atoms with Gasteiger partial charge in [-0.2, -0.15) is 0 Å². The minimum absolute atomic E-state index is 0.388. The SMILES string of the molecule is CCCCCCCCCCCCCCCCNC(=O)[C@H](O)[C@@H](O)[C@H](O)[C@H](O)CO. The molecule has 6 N–H and O–H groups in total. The lowest BCUT2D eigenvalue weighted by Gasteiger charge is -2.24. The van der Waals surface area contributed by atoms with Crippen LogP contribution in [0, 0.1) is 0 Å². The van der Waals surface area contributed by atoms with Crippen molar-refractivity contribution >= 4 is 5.91 Å². The van der Waals surface area contributed by atoms with E-state index < -0.39 is 36.9 Å². The van der Waals surface area contributed by atoms with Crippen molar-refractivity contribution in [3.05, 3.63) is 0 Å². The number of carbonyl (C=O) groups excluding carboxylic acids is 1. The first-order chi connectivity index (χ1) is 14.0. The van der Waals surface area contributed by atoms with Gasteiger partial charge in [-0.3, -0.25) is 4.79 Å². The maximum absolute atomic E-state index is 11.8. The molecular formula is C22H45NO6. The highest BCUT2D eigenvalue weighted by Crippen LogP contribution is 2.13. The monoisotopic (exact) mass is 419 g/mol. The average molecular weight is 420 g/mol. The molecule has 0 unspecified atom stereocenters. The maximum Gasteiger partial charge on any atom is 0.251 e. The third-order valence-electron chi connectivity index (χ3n) is 5.35. The van der Waals surface area contributed by atoms with Crippen LogP contribution in [-0.4, -0.2) is 69.0 Å². The smallest absolute Gasteiger partial charge is 0.251 e. The fourth-order valence-corrected chi connectivity index (χ4v) is 3.31. The van der Waals surface area contributed by atoms with Crippen LogP contribution in [-0.2, 0) is 4.79 Å². The second-order valence-corrected chi connectivity index (χ2v) is 8.06. The molecule has 1 amide bonds. The number of hydrogen-bond acceptors (Lipinski definition) is 6. The largest absolute Gasteiger partial charge is 0.394 e. The van der Waals surface area contributed by atoms with Crippen LogP contribution in [0.25, 0.3) is 0 Å². The Bertz CT molecular complexity index is 382.